The first kappa shape index (κ1) is 18.5. The van der Waals surface area contributed by atoms with Crippen LogP contribution >= 0.6 is 0 Å². The second-order valence-electron chi connectivity index (χ2n) is 6.21. The molecule has 0 spiro atoms. The van der Waals surface area contributed by atoms with Crippen LogP contribution in [0.1, 0.15) is 20.7 Å². The van der Waals surface area contributed by atoms with Crippen LogP contribution in [0, 0.1) is 11.6 Å². The Labute approximate surface area is 163 Å². The number of Topliss-reactive ketones (excluding diaryl/α,β-unsaturated/α-hetero) is 1. The normalized spacial score (nSPS) is 10.8. The van der Waals surface area contributed by atoms with Crippen molar-refractivity contribution in [1.29, 1.82) is 0 Å². The summed E-state index contributed by atoms with van der Waals surface area (Å²) >= 11 is 0. The van der Waals surface area contributed by atoms with Crippen LogP contribution in [0.3, 0.4) is 0 Å². The number of hydrogen-bond donors (Lipinski definition) is 0. The first-order valence-electron chi connectivity index (χ1n) is 8.64. The standard InChI is InChI=1S/C22H13F2NO4/c23-16-7-4-8-17(24)20(16)19(26)12-28-22(27)14-9-10-18-15(11-14)21(29-25-18)13-5-2-1-3-6-13/h1-11H,12H2. The van der Waals surface area contributed by atoms with Gasteiger partial charge in [0.05, 0.1) is 16.5 Å². The number of ketones is 1. The summed E-state index contributed by atoms with van der Waals surface area (Å²) in [4.78, 5) is 24.4. The van der Waals surface area contributed by atoms with Gasteiger partial charge in [0, 0.05) is 5.56 Å². The van der Waals surface area contributed by atoms with E-state index >= 15 is 0 Å². The molecule has 4 aromatic rings. The topological polar surface area (TPSA) is 69.4 Å². The van der Waals surface area contributed by atoms with Crippen molar-refractivity contribution in [2.75, 3.05) is 6.61 Å². The molecule has 0 radical (unpaired) electrons. The van der Waals surface area contributed by atoms with Crippen LogP contribution in [0.25, 0.3) is 22.2 Å². The van der Waals surface area contributed by atoms with Gasteiger partial charge in [-0.15, -0.1) is 0 Å². The van der Waals surface area contributed by atoms with E-state index in [4.69, 9.17) is 9.26 Å². The number of carbonyl (C=O) groups is 2. The Balaban J connectivity index is 1.55. The molecule has 0 bridgehead atoms. The highest BCUT2D eigenvalue weighted by Gasteiger charge is 2.20. The number of carbonyl (C=O) groups excluding carboxylic acids is 2. The second-order valence-corrected chi connectivity index (χ2v) is 6.21. The van der Waals surface area contributed by atoms with Crippen LogP contribution in [0.4, 0.5) is 8.78 Å². The summed E-state index contributed by atoms with van der Waals surface area (Å²) in [5.41, 5.74) is 0.747. The fraction of sp³-hybridized carbons (Fsp3) is 0.0455. The van der Waals surface area contributed by atoms with Crippen molar-refractivity contribution in [3.05, 3.63) is 89.5 Å². The molecule has 3 aromatic carbocycles. The number of halogens is 2. The van der Waals surface area contributed by atoms with Crippen molar-refractivity contribution >= 4 is 22.7 Å². The minimum absolute atomic E-state index is 0.152. The number of esters is 1. The summed E-state index contributed by atoms with van der Waals surface area (Å²) in [7, 11) is 0. The Morgan fingerprint density at radius 2 is 1.66 bits per heavy atom. The molecule has 4 rings (SSSR count). The first-order valence-corrected chi connectivity index (χ1v) is 8.64. The zero-order valence-corrected chi connectivity index (χ0v) is 14.9. The minimum atomic E-state index is -1.01. The van der Waals surface area contributed by atoms with Crippen LogP contribution in [0.2, 0.25) is 0 Å². The molecule has 0 aliphatic heterocycles. The van der Waals surface area contributed by atoms with Crippen molar-refractivity contribution in [3.8, 4) is 11.3 Å². The van der Waals surface area contributed by atoms with Crippen LogP contribution in [0.5, 0.6) is 0 Å². The van der Waals surface area contributed by atoms with Crippen molar-refractivity contribution in [1.82, 2.24) is 5.16 Å². The second kappa shape index (κ2) is 7.63. The first-order chi connectivity index (χ1) is 14.0. The Hall–Kier alpha value is -3.87. The molecule has 5 nitrogen and oxygen atoms in total. The van der Waals surface area contributed by atoms with Crippen LogP contribution in [-0.4, -0.2) is 23.5 Å². The average molecular weight is 393 g/mol. The number of fused-ring (bicyclic) bond motifs is 1. The van der Waals surface area contributed by atoms with E-state index < -0.39 is 35.6 Å². The van der Waals surface area contributed by atoms with Crippen molar-refractivity contribution in [2.24, 2.45) is 0 Å². The molecular weight excluding hydrogens is 380 g/mol. The van der Waals surface area contributed by atoms with Gasteiger partial charge in [-0.05, 0) is 30.3 Å². The molecule has 0 atom stereocenters. The number of nitrogens with zero attached hydrogens (tertiary/aromatic N) is 1. The van der Waals surface area contributed by atoms with Gasteiger partial charge in [-0.2, -0.15) is 0 Å². The van der Waals surface area contributed by atoms with E-state index in [1.807, 2.05) is 30.3 Å². The third kappa shape index (κ3) is 3.62. The number of hydrogen-bond acceptors (Lipinski definition) is 5. The molecule has 0 aliphatic carbocycles. The lowest BCUT2D eigenvalue weighted by Gasteiger charge is -2.06. The van der Waals surface area contributed by atoms with Gasteiger partial charge in [0.25, 0.3) is 0 Å². The maximum absolute atomic E-state index is 13.7. The molecule has 0 fully saturated rings. The Bertz CT molecular complexity index is 1200. The Kier molecular flexibility index (Phi) is 4.87. The molecule has 7 heteroatoms. The summed E-state index contributed by atoms with van der Waals surface area (Å²) in [5, 5.41) is 4.56. The molecule has 0 unspecified atom stereocenters. The van der Waals surface area contributed by atoms with Crippen molar-refractivity contribution < 1.29 is 27.6 Å². The van der Waals surface area contributed by atoms with Crippen molar-refractivity contribution in [3.63, 3.8) is 0 Å². The van der Waals surface area contributed by atoms with Gasteiger partial charge >= 0.3 is 5.97 Å². The minimum Gasteiger partial charge on any atom is -0.454 e. The molecule has 144 valence electrons. The number of ether oxygens (including phenoxy) is 1. The maximum Gasteiger partial charge on any atom is 0.338 e. The largest absolute Gasteiger partial charge is 0.454 e. The van der Waals surface area contributed by atoms with Gasteiger partial charge in [0.1, 0.15) is 17.2 Å². The van der Waals surface area contributed by atoms with E-state index in [1.54, 1.807) is 6.07 Å². The van der Waals surface area contributed by atoms with Gasteiger partial charge in [-0.1, -0.05) is 41.6 Å². The van der Waals surface area contributed by atoms with E-state index in [2.05, 4.69) is 5.16 Å². The lowest BCUT2D eigenvalue weighted by molar-refractivity contribution is 0.0472. The zero-order chi connectivity index (χ0) is 20.4. The lowest BCUT2D eigenvalue weighted by atomic mass is 10.1. The molecule has 0 aliphatic rings. The molecular formula is C22H13F2NO4. The van der Waals surface area contributed by atoms with Gasteiger partial charge < -0.3 is 9.26 Å². The molecule has 0 saturated carbocycles. The van der Waals surface area contributed by atoms with E-state index in [-0.39, 0.29) is 5.56 Å². The predicted molar refractivity (Wildman–Crippen MR) is 100 cm³/mol. The van der Waals surface area contributed by atoms with Gasteiger partial charge in [-0.25, -0.2) is 13.6 Å². The maximum atomic E-state index is 13.7. The number of rotatable bonds is 5. The third-order valence-corrected chi connectivity index (χ3v) is 4.32. The quantitative estimate of drug-likeness (QED) is 0.359. The molecule has 0 saturated heterocycles. The van der Waals surface area contributed by atoms with Gasteiger partial charge in [0.15, 0.2) is 12.4 Å². The molecule has 0 amide bonds. The summed E-state index contributed by atoms with van der Waals surface area (Å²) in [6.45, 7) is -0.788. The predicted octanol–water partition coefficient (Wildman–Crippen LogP) is 4.81. The van der Waals surface area contributed by atoms with E-state index in [0.29, 0.717) is 16.7 Å². The zero-order valence-electron chi connectivity index (χ0n) is 14.9. The van der Waals surface area contributed by atoms with Gasteiger partial charge in [-0.3, -0.25) is 4.79 Å². The number of benzene rings is 3. The smallest absolute Gasteiger partial charge is 0.338 e. The fourth-order valence-electron chi connectivity index (χ4n) is 2.92. The third-order valence-electron chi connectivity index (χ3n) is 4.32. The summed E-state index contributed by atoms with van der Waals surface area (Å²) < 4.78 is 37.7. The SMILES string of the molecule is O=C(OCC(=O)c1c(F)cccc1F)c1ccc2noc(-c3ccccc3)c2c1. The average Bonchev–Trinajstić information content (AvgIpc) is 3.15. The van der Waals surface area contributed by atoms with E-state index in [9.17, 15) is 18.4 Å². The molecule has 29 heavy (non-hydrogen) atoms. The summed E-state index contributed by atoms with van der Waals surface area (Å²) in [5.74, 6) is -3.31. The van der Waals surface area contributed by atoms with Crippen LogP contribution in [-0.2, 0) is 4.74 Å². The molecule has 1 aromatic heterocycles. The highest BCUT2D eigenvalue weighted by molar-refractivity contribution is 6.01. The van der Waals surface area contributed by atoms with Crippen LogP contribution in [0.15, 0.2) is 71.3 Å². The van der Waals surface area contributed by atoms with E-state index in [1.165, 1.54) is 12.1 Å². The highest BCUT2D eigenvalue weighted by Crippen LogP contribution is 2.29. The Morgan fingerprint density at radius 1 is 0.931 bits per heavy atom. The van der Waals surface area contributed by atoms with Crippen LogP contribution < -0.4 is 0 Å². The summed E-state index contributed by atoms with van der Waals surface area (Å²) in [6.07, 6.45) is 0. The van der Waals surface area contributed by atoms with Gasteiger partial charge in [0.2, 0.25) is 5.78 Å². The summed E-state index contributed by atoms with van der Waals surface area (Å²) in [6, 6.07) is 16.9. The fourth-order valence-corrected chi connectivity index (χ4v) is 2.92. The van der Waals surface area contributed by atoms with Crippen molar-refractivity contribution in [2.45, 2.75) is 0 Å². The molecule has 1 heterocycles. The number of aromatic nitrogens is 1. The Morgan fingerprint density at radius 3 is 2.38 bits per heavy atom. The monoisotopic (exact) mass is 393 g/mol. The highest BCUT2D eigenvalue weighted by atomic mass is 19.1. The lowest BCUT2D eigenvalue weighted by Crippen LogP contribution is -2.16. The van der Waals surface area contributed by atoms with E-state index in [0.717, 1.165) is 23.8 Å². The molecule has 0 N–H and O–H groups in total.